The van der Waals surface area contributed by atoms with Gasteiger partial charge in [-0.05, 0) is 25.2 Å². The Hall–Kier alpha value is -3.19. The van der Waals surface area contributed by atoms with Crippen LogP contribution in [0, 0.1) is 0 Å². The summed E-state index contributed by atoms with van der Waals surface area (Å²) in [5.41, 5.74) is 1.77. The lowest BCUT2D eigenvalue weighted by molar-refractivity contribution is 0.102. The first kappa shape index (κ1) is 18.2. The first-order valence-electron chi connectivity index (χ1n) is 9.34. The highest BCUT2D eigenvalue weighted by molar-refractivity contribution is 6.12. The Labute approximate surface area is 163 Å². The summed E-state index contributed by atoms with van der Waals surface area (Å²) in [5.74, 6) is -0.326. The molecule has 1 amide bonds. The van der Waals surface area contributed by atoms with Crippen LogP contribution in [0.1, 0.15) is 10.5 Å². The Balaban J connectivity index is 1.68. The van der Waals surface area contributed by atoms with E-state index in [9.17, 15) is 9.59 Å². The molecule has 0 atom stereocenters. The summed E-state index contributed by atoms with van der Waals surface area (Å²) in [5, 5.41) is 8.26. The number of piperazine rings is 1. The fraction of sp³-hybridized carbons (Fsp3) is 0.286. The number of carbonyl (C=O) groups is 1. The van der Waals surface area contributed by atoms with Crippen molar-refractivity contribution in [1.82, 2.24) is 14.7 Å². The smallest absolute Gasteiger partial charge is 0.276 e. The van der Waals surface area contributed by atoms with Crippen molar-refractivity contribution < 1.29 is 4.79 Å². The zero-order valence-corrected chi connectivity index (χ0v) is 16.1. The molecule has 0 bridgehead atoms. The maximum atomic E-state index is 13.1. The molecular formula is C21H23N5O2. The van der Waals surface area contributed by atoms with E-state index in [1.807, 2.05) is 24.3 Å². The molecule has 2 heterocycles. The number of likely N-dealkylation sites (N-methyl/N-ethyl adjacent to an activating group) is 1. The molecule has 1 aliphatic heterocycles. The Kier molecular flexibility index (Phi) is 4.83. The van der Waals surface area contributed by atoms with Gasteiger partial charge in [-0.15, -0.1) is 0 Å². The van der Waals surface area contributed by atoms with E-state index in [2.05, 4.69) is 27.3 Å². The summed E-state index contributed by atoms with van der Waals surface area (Å²) in [6.07, 6.45) is 0. The van der Waals surface area contributed by atoms with Gasteiger partial charge in [-0.3, -0.25) is 9.59 Å². The number of fused-ring (bicyclic) bond motifs is 1. The van der Waals surface area contributed by atoms with E-state index in [0.29, 0.717) is 10.8 Å². The number of amides is 1. The molecule has 1 aliphatic rings. The molecule has 4 rings (SSSR count). The zero-order chi connectivity index (χ0) is 19.7. The normalized spacial score (nSPS) is 15.0. The summed E-state index contributed by atoms with van der Waals surface area (Å²) in [4.78, 5) is 29.9. The summed E-state index contributed by atoms with van der Waals surface area (Å²) >= 11 is 0. The molecule has 7 heteroatoms. The molecule has 0 radical (unpaired) electrons. The average molecular weight is 377 g/mol. The molecule has 0 aliphatic carbocycles. The highest BCUT2D eigenvalue weighted by atomic mass is 16.2. The molecule has 1 N–H and O–H groups in total. The van der Waals surface area contributed by atoms with E-state index < -0.39 is 0 Å². The number of para-hydroxylation sites is 2. The number of nitrogens with zero attached hydrogens (tertiary/aromatic N) is 4. The van der Waals surface area contributed by atoms with Crippen LogP contribution in [0.5, 0.6) is 0 Å². The highest BCUT2D eigenvalue weighted by Crippen LogP contribution is 2.27. The second-order valence-corrected chi connectivity index (χ2v) is 7.08. The number of aryl methyl sites for hydroxylation is 1. The van der Waals surface area contributed by atoms with Gasteiger partial charge in [-0.1, -0.05) is 30.3 Å². The Morgan fingerprint density at radius 1 is 0.929 bits per heavy atom. The number of aromatic nitrogens is 2. The molecule has 144 valence electrons. The van der Waals surface area contributed by atoms with Gasteiger partial charge < -0.3 is 15.1 Å². The fourth-order valence-electron chi connectivity index (χ4n) is 3.55. The lowest BCUT2D eigenvalue weighted by Crippen LogP contribution is -2.44. The lowest BCUT2D eigenvalue weighted by Gasteiger charge is -2.35. The van der Waals surface area contributed by atoms with Gasteiger partial charge in [-0.2, -0.15) is 5.10 Å². The standard InChI is InChI=1S/C21H23N5O2/c1-24-11-13-26(14-12-24)18-10-6-5-9-17(18)22-20(27)19-15-7-3-4-8-16(15)21(28)25(2)23-19/h3-10H,11-14H2,1-2H3,(H,22,27). The van der Waals surface area contributed by atoms with Crippen molar-refractivity contribution in [1.29, 1.82) is 0 Å². The van der Waals surface area contributed by atoms with Crippen LogP contribution in [0.4, 0.5) is 11.4 Å². The van der Waals surface area contributed by atoms with Crippen molar-refractivity contribution in [2.24, 2.45) is 7.05 Å². The van der Waals surface area contributed by atoms with Gasteiger partial charge in [-0.25, -0.2) is 4.68 Å². The number of carbonyl (C=O) groups excluding carboxylic acids is 1. The SMILES string of the molecule is CN1CCN(c2ccccc2NC(=O)c2nn(C)c(=O)c3ccccc23)CC1. The maximum Gasteiger partial charge on any atom is 0.276 e. The van der Waals surface area contributed by atoms with E-state index in [1.165, 1.54) is 4.68 Å². The van der Waals surface area contributed by atoms with E-state index in [-0.39, 0.29) is 17.2 Å². The first-order valence-corrected chi connectivity index (χ1v) is 9.34. The van der Waals surface area contributed by atoms with Crippen LogP contribution in [-0.4, -0.2) is 53.8 Å². The quantitative estimate of drug-likeness (QED) is 0.755. The third-order valence-electron chi connectivity index (χ3n) is 5.17. The Morgan fingerprint density at radius 3 is 2.32 bits per heavy atom. The number of hydrogen-bond acceptors (Lipinski definition) is 5. The van der Waals surface area contributed by atoms with Crippen LogP contribution in [0.3, 0.4) is 0 Å². The number of anilines is 2. The van der Waals surface area contributed by atoms with Gasteiger partial charge in [0.1, 0.15) is 0 Å². The third-order valence-corrected chi connectivity index (χ3v) is 5.17. The van der Waals surface area contributed by atoms with Crippen LogP contribution < -0.4 is 15.8 Å². The molecular weight excluding hydrogens is 354 g/mol. The van der Waals surface area contributed by atoms with Gasteiger partial charge in [0.15, 0.2) is 5.69 Å². The Morgan fingerprint density at radius 2 is 1.57 bits per heavy atom. The minimum Gasteiger partial charge on any atom is -0.367 e. The Bertz CT molecular complexity index is 1080. The summed E-state index contributed by atoms with van der Waals surface area (Å²) < 4.78 is 1.21. The number of hydrogen-bond donors (Lipinski definition) is 1. The van der Waals surface area contributed by atoms with Crippen LogP contribution >= 0.6 is 0 Å². The number of benzene rings is 2. The van der Waals surface area contributed by atoms with Crippen molar-refractivity contribution in [3.05, 3.63) is 64.6 Å². The molecule has 0 unspecified atom stereocenters. The largest absolute Gasteiger partial charge is 0.367 e. The predicted octanol–water partition coefficient (Wildman–Crippen LogP) is 1.94. The molecule has 1 fully saturated rings. The van der Waals surface area contributed by atoms with E-state index >= 15 is 0 Å². The molecule has 28 heavy (non-hydrogen) atoms. The van der Waals surface area contributed by atoms with Crippen LogP contribution in [0.25, 0.3) is 10.8 Å². The molecule has 1 saturated heterocycles. The van der Waals surface area contributed by atoms with Crippen LogP contribution in [0.2, 0.25) is 0 Å². The maximum absolute atomic E-state index is 13.1. The molecule has 7 nitrogen and oxygen atoms in total. The minimum atomic E-state index is -0.326. The van der Waals surface area contributed by atoms with Crippen molar-refractivity contribution in [2.75, 3.05) is 43.4 Å². The first-order chi connectivity index (χ1) is 13.5. The molecule has 1 aromatic heterocycles. The van der Waals surface area contributed by atoms with E-state index in [0.717, 1.165) is 37.6 Å². The number of rotatable bonds is 3. The number of nitrogens with one attached hydrogen (secondary N) is 1. The average Bonchev–Trinajstić information content (AvgIpc) is 2.72. The van der Waals surface area contributed by atoms with Crippen molar-refractivity contribution in [3.63, 3.8) is 0 Å². The monoisotopic (exact) mass is 377 g/mol. The minimum absolute atomic E-state index is 0.218. The fourth-order valence-corrected chi connectivity index (χ4v) is 3.55. The predicted molar refractivity (Wildman–Crippen MR) is 111 cm³/mol. The summed E-state index contributed by atoms with van der Waals surface area (Å²) in [7, 11) is 3.67. The van der Waals surface area contributed by atoms with Crippen LogP contribution in [-0.2, 0) is 7.05 Å². The lowest BCUT2D eigenvalue weighted by atomic mass is 10.1. The van der Waals surface area contributed by atoms with Gasteiger partial charge in [0.25, 0.3) is 11.5 Å². The molecule has 0 spiro atoms. The summed E-state index contributed by atoms with van der Waals surface area (Å²) in [6.45, 7) is 3.78. The van der Waals surface area contributed by atoms with Gasteiger partial charge in [0.2, 0.25) is 0 Å². The second-order valence-electron chi connectivity index (χ2n) is 7.08. The molecule has 2 aromatic carbocycles. The third kappa shape index (κ3) is 3.36. The summed E-state index contributed by atoms with van der Waals surface area (Å²) in [6, 6.07) is 14.9. The van der Waals surface area contributed by atoms with Crippen molar-refractivity contribution in [2.45, 2.75) is 0 Å². The van der Waals surface area contributed by atoms with E-state index in [4.69, 9.17) is 0 Å². The van der Waals surface area contributed by atoms with Crippen LogP contribution in [0.15, 0.2) is 53.3 Å². The van der Waals surface area contributed by atoms with Gasteiger partial charge >= 0.3 is 0 Å². The van der Waals surface area contributed by atoms with Gasteiger partial charge in [0.05, 0.1) is 16.8 Å². The van der Waals surface area contributed by atoms with Crippen molar-refractivity contribution in [3.8, 4) is 0 Å². The molecule has 3 aromatic rings. The highest BCUT2D eigenvalue weighted by Gasteiger charge is 2.20. The topological polar surface area (TPSA) is 70.5 Å². The van der Waals surface area contributed by atoms with E-state index in [1.54, 1.807) is 31.3 Å². The van der Waals surface area contributed by atoms with Gasteiger partial charge in [0, 0.05) is 38.6 Å². The molecule has 0 saturated carbocycles. The second kappa shape index (κ2) is 7.44. The zero-order valence-electron chi connectivity index (χ0n) is 16.1. The van der Waals surface area contributed by atoms with Crippen molar-refractivity contribution >= 4 is 28.1 Å².